The number of benzene rings is 1. The summed E-state index contributed by atoms with van der Waals surface area (Å²) in [5, 5.41) is 2.59. The van der Waals surface area contributed by atoms with Crippen LogP contribution in [-0.4, -0.2) is 28.8 Å². The Morgan fingerprint density at radius 1 is 1.44 bits per heavy atom. The van der Waals surface area contributed by atoms with Crippen LogP contribution in [0.2, 0.25) is 5.02 Å². The largest absolute Gasteiger partial charge is 0.386 e. The second-order valence-electron chi connectivity index (χ2n) is 3.26. The zero-order valence-corrected chi connectivity index (χ0v) is 10.7. The minimum atomic E-state index is -3.41. The topological polar surface area (TPSA) is 49.4 Å². The summed E-state index contributed by atoms with van der Waals surface area (Å²) in [5.41, 5.74) is 0.659. The lowest BCUT2D eigenvalue weighted by Gasteiger charge is -2.20. The van der Waals surface area contributed by atoms with Crippen LogP contribution in [0.1, 0.15) is 0 Å². The fraction of sp³-hybridized carbons (Fsp3) is 0.333. The van der Waals surface area contributed by atoms with Gasteiger partial charge in [-0.2, -0.15) is 0 Å². The number of hydrogen-bond acceptors (Lipinski definition) is 3. The molecule has 1 aromatic rings. The van der Waals surface area contributed by atoms with Crippen LogP contribution in [0, 0.1) is 5.82 Å². The first-order valence-corrected chi connectivity index (χ1v) is 6.60. The van der Waals surface area contributed by atoms with E-state index in [0.717, 1.165) is 16.6 Å². The molecule has 0 aliphatic carbocycles. The van der Waals surface area contributed by atoms with Crippen LogP contribution in [0.3, 0.4) is 0 Å². The fourth-order valence-electron chi connectivity index (χ4n) is 1.18. The van der Waals surface area contributed by atoms with Gasteiger partial charge in [-0.3, -0.25) is 4.31 Å². The van der Waals surface area contributed by atoms with E-state index in [-0.39, 0.29) is 5.02 Å². The van der Waals surface area contributed by atoms with Crippen molar-refractivity contribution in [2.75, 3.05) is 30.0 Å². The second-order valence-corrected chi connectivity index (χ2v) is 5.68. The molecule has 0 radical (unpaired) electrons. The normalized spacial score (nSPS) is 11.3. The predicted molar refractivity (Wildman–Crippen MR) is 64.2 cm³/mol. The molecule has 16 heavy (non-hydrogen) atoms. The van der Waals surface area contributed by atoms with Gasteiger partial charge < -0.3 is 5.32 Å². The van der Waals surface area contributed by atoms with Crippen molar-refractivity contribution in [1.82, 2.24) is 0 Å². The maximum absolute atomic E-state index is 13.2. The van der Waals surface area contributed by atoms with Gasteiger partial charge in [-0.25, -0.2) is 12.8 Å². The highest BCUT2D eigenvalue weighted by atomic mass is 35.5. The summed E-state index contributed by atoms with van der Waals surface area (Å²) in [4.78, 5) is 0. The van der Waals surface area contributed by atoms with Gasteiger partial charge in [0.1, 0.15) is 5.82 Å². The summed E-state index contributed by atoms with van der Waals surface area (Å²) in [7, 11) is -0.459. The first kappa shape index (κ1) is 13.1. The van der Waals surface area contributed by atoms with Crippen molar-refractivity contribution in [3.05, 3.63) is 23.0 Å². The van der Waals surface area contributed by atoms with Gasteiger partial charge in [-0.15, -0.1) is 0 Å². The Morgan fingerprint density at radius 2 is 2.00 bits per heavy atom. The molecule has 0 saturated carbocycles. The molecule has 0 unspecified atom stereocenters. The number of sulfonamides is 1. The van der Waals surface area contributed by atoms with E-state index in [1.807, 2.05) is 0 Å². The lowest BCUT2D eigenvalue weighted by Crippen LogP contribution is -2.25. The second kappa shape index (κ2) is 4.47. The number of anilines is 2. The highest BCUT2D eigenvalue weighted by Gasteiger charge is 2.17. The molecule has 0 aliphatic rings. The molecule has 0 atom stereocenters. The maximum atomic E-state index is 13.2. The van der Waals surface area contributed by atoms with E-state index >= 15 is 0 Å². The molecule has 4 nitrogen and oxygen atoms in total. The summed E-state index contributed by atoms with van der Waals surface area (Å²) < 4.78 is 36.9. The van der Waals surface area contributed by atoms with E-state index < -0.39 is 15.8 Å². The smallest absolute Gasteiger partial charge is 0.232 e. The number of rotatable bonds is 3. The van der Waals surface area contributed by atoms with Gasteiger partial charge in [0.05, 0.1) is 22.7 Å². The van der Waals surface area contributed by atoms with Gasteiger partial charge in [0.2, 0.25) is 10.0 Å². The van der Waals surface area contributed by atoms with E-state index in [4.69, 9.17) is 11.6 Å². The van der Waals surface area contributed by atoms with Crippen LogP contribution in [-0.2, 0) is 10.0 Å². The Kier molecular flexibility index (Phi) is 3.64. The van der Waals surface area contributed by atoms with E-state index in [2.05, 4.69) is 5.32 Å². The maximum Gasteiger partial charge on any atom is 0.232 e. The van der Waals surface area contributed by atoms with Crippen molar-refractivity contribution in [3.63, 3.8) is 0 Å². The van der Waals surface area contributed by atoms with Gasteiger partial charge in [-0.1, -0.05) is 11.6 Å². The van der Waals surface area contributed by atoms with Gasteiger partial charge in [-0.05, 0) is 6.07 Å². The average Bonchev–Trinajstić information content (AvgIpc) is 2.19. The van der Waals surface area contributed by atoms with Gasteiger partial charge in [0.15, 0.2) is 0 Å². The highest BCUT2D eigenvalue weighted by molar-refractivity contribution is 7.92. The van der Waals surface area contributed by atoms with Gasteiger partial charge in [0, 0.05) is 20.2 Å². The Hall–Kier alpha value is -1.01. The molecule has 1 rings (SSSR count). The summed E-state index contributed by atoms with van der Waals surface area (Å²) in [6, 6.07) is 2.42. The van der Waals surface area contributed by atoms with Crippen molar-refractivity contribution >= 4 is 33.0 Å². The number of nitrogens with one attached hydrogen (secondary N) is 1. The van der Waals surface area contributed by atoms with E-state index in [1.54, 1.807) is 7.05 Å². The molecule has 0 heterocycles. The van der Waals surface area contributed by atoms with Crippen molar-refractivity contribution in [1.29, 1.82) is 0 Å². The first-order valence-electron chi connectivity index (χ1n) is 4.38. The van der Waals surface area contributed by atoms with Gasteiger partial charge in [0.25, 0.3) is 0 Å². The minimum absolute atomic E-state index is 0.121. The molecule has 0 amide bonds. The summed E-state index contributed by atoms with van der Waals surface area (Å²) in [6.07, 6.45) is 1.06. The van der Waals surface area contributed by atoms with Crippen LogP contribution in [0.25, 0.3) is 0 Å². The first-order chi connectivity index (χ1) is 7.27. The lowest BCUT2D eigenvalue weighted by atomic mass is 10.2. The molecular weight excluding hydrogens is 255 g/mol. The Morgan fingerprint density at radius 3 is 2.44 bits per heavy atom. The van der Waals surface area contributed by atoms with Gasteiger partial charge >= 0.3 is 0 Å². The molecule has 90 valence electrons. The molecule has 1 N–H and O–H groups in total. The van der Waals surface area contributed by atoms with Crippen molar-refractivity contribution in [2.24, 2.45) is 0 Å². The fourth-order valence-corrected chi connectivity index (χ4v) is 1.84. The van der Waals surface area contributed by atoms with E-state index in [1.165, 1.54) is 13.1 Å². The molecule has 0 saturated heterocycles. The third kappa shape index (κ3) is 2.56. The highest BCUT2D eigenvalue weighted by Crippen LogP contribution is 2.31. The monoisotopic (exact) mass is 266 g/mol. The van der Waals surface area contributed by atoms with Crippen LogP contribution in [0.15, 0.2) is 12.1 Å². The predicted octanol–water partition coefficient (Wildman–Crippen LogP) is 1.92. The Balaban J connectivity index is 3.38. The number of hydrogen-bond donors (Lipinski definition) is 1. The lowest BCUT2D eigenvalue weighted by molar-refractivity contribution is 0.600. The van der Waals surface area contributed by atoms with Crippen LogP contribution < -0.4 is 9.62 Å². The zero-order valence-electron chi connectivity index (χ0n) is 9.08. The van der Waals surface area contributed by atoms with E-state index in [0.29, 0.717) is 11.4 Å². The van der Waals surface area contributed by atoms with Crippen molar-refractivity contribution in [2.45, 2.75) is 0 Å². The van der Waals surface area contributed by atoms with Crippen molar-refractivity contribution in [3.8, 4) is 0 Å². The summed E-state index contributed by atoms with van der Waals surface area (Å²) in [6.45, 7) is 0. The summed E-state index contributed by atoms with van der Waals surface area (Å²) >= 11 is 5.61. The number of nitrogens with zero attached hydrogens (tertiary/aromatic N) is 1. The third-order valence-electron chi connectivity index (χ3n) is 2.14. The summed E-state index contributed by atoms with van der Waals surface area (Å²) in [5.74, 6) is -0.600. The molecule has 0 fully saturated rings. The minimum Gasteiger partial charge on any atom is -0.386 e. The van der Waals surface area contributed by atoms with Crippen molar-refractivity contribution < 1.29 is 12.8 Å². The molecular formula is C9H12ClFN2O2S. The van der Waals surface area contributed by atoms with Crippen LogP contribution >= 0.6 is 11.6 Å². The van der Waals surface area contributed by atoms with E-state index in [9.17, 15) is 12.8 Å². The molecule has 0 bridgehead atoms. The van der Waals surface area contributed by atoms with Crippen LogP contribution in [0.5, 0.6) is 0 Å². The SMILES string of the molecule is CNc1cc(F)c(Cl)cc1N(C)S(C)(=O)=O. The third-order valence-corrected chi connectivity index (χ3v) is 3.63. The molecule has 7 heteroatoms. The standard InChI is InChI=1S/C9H12ClFN2O2S/c1-12-8-5-7(11)6(10)4-9(8)13(2)16(3,14)15/h4-5,12H,1-3H3. The molecule has 0 spiro atoms. The molecule has 0 aliphatic heterocycles. The van der Waals surface area contributed by atoms with Crippen LogP contribution in [0.4, 0.5) is 15.8 Å². The Bertz CT molecular complexity index is 504. The number of halogens is 2. The Labute approximate surface area is 99.1 Å². The zero-order chi connectivity index (χ0) is 12.5. The quantitative estimate of drug-likeness (QED) is 0.909. The average molecular weight is 267 g/mol. The molecule has 0 aromatic heterocycles. The molecule has 1 aromatic carbocycles.